The molecule has 0 radical (unpaired) electrons. The molecule has 1 aliphatic rings. The Morgan fingerprint density at radius 2 is 2.38 bits per heavy atom. The van der Waals surface area contributed by atoms with Gasteiger partial charge < -0.3 is 14.0 Å². The van der Waals surface area contributed by atoms with E-state index in [-0.39, 0.29) is 11.9 Å². The molecule has 7 heteroatoms. The summed E-state index contributed by atoms with van der Waals surface area (Å²) in [5.74, 6) is 1.56. The van der Waals surface area contributed by atoms with Crippen molar-refractivity contribution in [2.45, 2.75) is 25.8 Å². The van der Waals surface area contributed by atoms with Crippen molar-refractivity contribution in [3.05, 3.63) is 47.5 Å². The summed E-state index contributed by atoms with van der Waals surface area (Å²) in [5.41, 5.74) is 0.376. The molecule has 0 saturated carbocycles. The summed E-state index contributed by atoms with van der Waals surface area (Å²) in [6.07, 6.45) is 5.82. The lowest BCUT2D eigenvalue weighted by Crippen LogP contribution is -2.40. The van der Waals surface area contributed by atoms with Crippen LogP contribution in [0.1, 0.15) is 35.2 Å². The lowest BCUT2D eigenvalue weighted by atomic mass is 10.0. The second-order valence-electron chi connectivity index (χ2n) is 5.98. The highest BCUT2D eigenvalue weighted by Gasteiger charge is 2.28. The van der Waals surface area contributed by atoms with Crippen LogP contribution in [0.15, 0.2) is 40.5 Å². The van der Waals surface area contributed by atoms with Crippen molar-refractivity contribution in [3.63, 3.8) is 0 Å². The van der Waals surface area contributed by atoms with Crippen LogP contribution in [0.3, 0.4) is 0 Å². The van der Waals surface area contributed by atoms with Gasteiger partial charge in [0.25, 0.3) is 5.91 Å². The van der Waals surface area contributed by atoms with Gasteiger partial charge >= 0.3 is 0 Å². The number of aryl methyl sites for hydroxylation is 1. The highest BCUT2D eigenvalue weighted by Crippen LogP contribution is 2.27. The van der Waals surface area contributed by atoms with Crippen molar-refractivity contribution >= 4 is 17.2 Å². The van der Waals surface area contributed by atoms with Gasteiger partial charge in [0.15, 0.2) is 11.5 Å². The number of rotatable bonds is 3. The SMILES string of the molecule is Cc1nccn1[C@@H]1CCCN(C(=O)c2cc(-c3cccs3)on2)C1. The number of amides is 1. The first-order chi connectivity index (χ1) is 11.7. The van der Waals surface area contributed by atoms with E-state index < -0.39 is 0 Å². The average Bonchev–Trinajstić information content (AvgIpc) is 3.35. The minimum atomic E-state index is -0.0657. The highest BCUT2D eigenvalue weighted by atomic mass is 32.1. The summed E-state index contributed by atoms with van der Waals surface area (Å²) in [5, 5.41) is 5.95. The maximum Gasteiger partial charge on any atom is 0.276 e. The van der Waals surface area contributed by atoms with Crippen LogP contribution in [0.2, 0.25) is 0 Å². The van der Waals surface area contributed by atoms with E-state index in [9.17, 15) is 4.79 Å². The smallest absolute Gasteiger partial charge is 0.276 e. The monoisotopic (exact) mass is 342 g/mol. The van der Waals surface area contributed by atoms with Crippen LogP contribution in [-0.2, 0) is 0 Å². The summed E-state index contributed by atoms with van der Waals surface area (Å²) >= 11 is 1.57. The molecule has 4 heterocycles. The van der Waals surface area contributed by atoms with Gasteiger partial charge in [-0.3, -0.25) is 4.79 Å². The van der Waals surface area contributed by atoms with Crippen molar-refractivity contribution in [2.24, 2.45) is 0 Å². The van der Waals surface area contributed by atoms with Gasteiger partial charge in [-0.15, -0.1) is 11.3 Å². The molecular formula is C17H18N4O2S. The molecule has 1 atom stereocenters. The van der Waals surface area contributed by atoms with E-state index in [4.69, 9.17) is 4.52 Å². The predicted molar refractivity (Wildman–Crippen MR) is 91.0 cm³/mol. The van der Waals surface area contributed by atoms with Crippen molar-refractivity contribution in [2.75, 3.05) is 13.1 Å². The topological polar surface area (TPSA) is 64.2 Å². The van der Waals surface area contributed by atoms with Crippen molar-refractivity contribution in [1.82, 2.24) is 19.6 Å². The zero-order valence-corrected chi connectivity index (χ0v) is 14.2. The van der Waals surface area contributed by atoms with Crippen LogP contribution in [-0.4, -0.2) is 38.6 Å². The van der Waals surface area contributed by atoms with E-state index in [0.29, 0.717) is 18.0 Å². The summed E-state index contributed by atoms with van der Waals surface area (Å²) in [7, 11) is 0. The molecule has 0 spiro atoms. The number of carbonyl (C=O) groups excluding carboxylic acids is 1. The standard InChI is InChI=1S/C17H18N4O2S/c1-12-18-6-8-21(12)13-4-2-7-20(11-13)17(22)14-10-15(23-19-14)16-5-3-9-24-16/h3,5-6,8-10,13H,2,4,7,11H2,1H3/t13-/m1/s1. The van der Waals surface area contributed by atoms with E-state index in [1.54, 1.807) is 23.6 Å². The van der Waals surface area contributed by atoms with Crippen LogP contribution in [0.25, 0.3) is 10.6 Å². The first-order valence-electron chi connectivity index (χ1n) is 8.01. The first kappa shape index (κ1) is 15.1. The fraction of sp³-hybridized carbons (Fsp3) is 0.353. The summed E-state index contributed by atoms with van der Waals surface area (Å²) in [6, 6.07) is 5.92. The minimum absolute atomic E-state index is 0.0657. The van der Waals surface area contributed by atoms with Crippen LogP contribution >= 0.6 is 11.3 Å². The molecule has 0 unspecified atom stereocenters. The Morgan fingerprint density at radius 3 is 3.12 bits per heavy atom. The molecule has 124 valence electrons. The zero-order chi connectivity index (χ0) is 16.5. The fourth-order valence-electron chi connectivity index (χ4n) is 3.21. The molecule has 1 fully saturated rings. The van der Waals surface area contributed by atoms with Crippen LogP contribution < -0.4 is 0 Å². The molecule has 0 aliphatic carbocycles. The molecule has 1 amide bonds. The van der Waals surface area contributed by atoms with Crippen LogP contribution in [0.4, 0.5) is 0 Å². The molecule has 3 aromatic rings. The summed E-state index contributed by atoms with van der Waals surface area (Å²) < 4.78 is 7.49. The normalized spacial score (nSPS) is 18.0. The Morgan fingerprint density at radius 1 is 1.46 bits per heavy atom. The third-order valence-electron chi connectivity index (χ3n) is 4.43. The Balaban J connectivity index is 1.51. The quantitative estimate of drug-likeness (QED) is 0.732. The molecular weight excluding hydrogens is 324 g/mol. The van der Waals surface area contributed by atoms with E-state index in [1.165, 1.54) is 0 Å². The number of imidazole rings is 1. The Kier molecular flexibility index (Phi) is 3.93. The summed E-state index contributed by atoms with van der Waals surface area (Å²) in [6.45, 7) is 3.42. The van der Waals surface area contributed by atoms with E-state index in [2.05, 4.69) is 14.7 Å². The van der Waals surface area contributed by atoms with Gasteiger partial charge in [0.2, 0.25) is 0 Å². The number of thiophene rings is 1. The number of carbonyl (C=O) groups is 1. The average molecular weight is 342 g/mol. The molecule has 0 aromatic carbocycles. The molecule has 0 bridgehead atoms. The highest BCUT2D eigenvalue weighted by molar-refractivity contribution is 7.13. The number of hydrogen-bond acceptors (Lipinski definition) is 5. The second-order valence-corrected chi connectivity index (χ2v) is 6.93. The van der Waals surface area contributed by atoms with E-state index >= 15 is 0 Å². The third-order valence-corrected chi connectivity index (χ3v) is 5.32. The predicted octanol–water partition coefficient (Wildman–Crippen LogP) is 3.39. The van der Waals surface area contributed by atoms with E-state index in [1.807, 2.05) is 35.5 Å². The zero-order valence-electron chi connectivity index (χ0n) is 13.4. The van der Waals surface area contributed by atoms with Crippen LogP contribution in [0, 0.1) is 6.92 Å². The third kappa shape index (κ3) is 2.75. The molecule has 6 nitrogen and oxygen atoms in total. The van der Waals surface area contributed by atoms with Gasteiger partial charge in [0.1, 0.15) is 5.82 Å². The molecule has 0 N–H and O–H groups in total. The maximum atomic E-state index is 12.8. The van der Waals surface area contributed by atoms with Gasteiger partial charge in [-0.1, -0.05) is 11.2 Å². The maximum absolute atomic E-state index is 12.8. The lowest BCUT2D eigenvalue weighted by Gasteiger charge is -2.33. The molecule has 1 saturated heterocycles. The van der Waals surface area contributed by atoms with Crippen LogP contribution in [0.5, 0.6) is 0 Å². The Bertz CT molecular complexity index is 837. The molecule has 24 heavy (non-hydrogen) atoms. The number of nitrogens with zero attached hydrogens (tertiary/aromatic N) is 4. The largest absolute Gasteiger partial charge is 0.355 e. The van der Waals surface area contributed by atoms with Crippen molar-refractivity contribution in [1.29, 1.82) is 0 Å². The van der Waals surface area contributed by atoms with Gasteiger partial charge in [-0.05, 0) is 31.2 Å². The summed E-state index contributed by atoms with van der Waals surface area (Å²) in [4.78, 5) is 19.9. The first-order valence-corrected chi connectivity index (χ1v) is 8.89. The van der Waals surface area contributed by atoms with E-state index in [0.717, 1.165) is 30.1 Å². The lowest BCUT2D eigenvalue weighted by molar-refractivity contribution is 0.0668. The van der Waals surface area contributed by atoms with Gasteiger partial charge in [0.05, 0.1) is 10.9 Å². The number of hydrogen-bond donors (Lipinski definition) is 0. The molecule has 1 aliphatic heterocycles. The minimum Gasteiger partial charge on any atom is -0.355 e. The number of piperidine rings is 1. The van der Waals surface area contributed by atoms with Crippen molar-refractivity contribution < 1.29 is 9.32 Å². The molecule has 3 aromatic heterocycles. The van der Waals surface area contributed by atoms with Gasteiger partial charge in [0, 0.05) is 31.5 Å². The second kappa shape index (κ2) is 6.24. The Labute approximate surface area is 143 Å². The van der Waals surface area contributed by atoms with Gasteiger partial charge in [-0.25, -0.2) is 4.98 Å². The number of likely N-dealkylation sites (tertiary alicyclic amines) is 1. The number of aromatic nitrogens is 3. The molecule has 4 rings (SSSR count). The fourth-order valence-corrected chi connectivity index (χ4v) is 3.89. The van der Waals surface area contributed by atoms with Crippen molar-refractivity contribution in [3.8, 4) is 10.6 Å². The van der Waals surface area contributed by atoms with Gasteiger partial charge in [-0.2, -0.15) is 0 Å². The Hall–Kier alpha value is -2.41.